The van der Waals surface area contributed by atoms with E-state index in [1.807, 2.05) is 30.3 Å². The first-order chi connectivity index (χ1) is 18.3. The molecule has 7 heteroatoms. The van der Waals surface area contributed by atoms with Gasteiger partial charge in [0.1, 0.15) is 6.61 Å². The van der Waals surface area contributed by atoms with Crippen LogP contribution in [0.5, 0.6) is 0 Å². The van der Waals surface area contributed by atoms with Gasteiger partial charge in [-0.15, -0.1) is 0 Å². The first kappa shape index (κ1) is 31.0. The van der Waals surface area contributed by atoms with E-state index < -0.39 is 11.9 Å². The van der Waals surface area contributed by atoms with Crippen molar-refractivity contribution in [2.45, 2.75) is 96.7 Å². The fourth-order valence-electron chi connectivity index (χ4n) is 4.43. The molecule has 2 atom stereocenters. The van der Waals surface area contributed by atoms with Gasteiger partial charge in [0.15, 0.2) is 0 Å². The molecule has 4 N–H and O–H groups in total. The van der Waals surface area contributed by atoms with E-state index in [-0.39, 0.29) is 37.4 Å². The van der Waals surface area contributed by atoms with Crippen molar-refractivity contribution in [3.8, 4) is 0 Å². The number of hydrogen-bond donors (Lipinski definition) is 2. The fraction of sp³-hybridized carbons (Fsp3) is 0.516. The van der Waals surface area contributed by atoms with Crippen molar-refractivity contribution < 1.29 is 19.1 Å². The highest BCUT2D eigenvalue weighted by Crippen LogP contribution is 2.18. The highest BCUT2D eigenvalue weighted by molar-refractivity contribution is 5.83. The second-order valence-electron chi connectivity index (χ2n) is 9.98. The molecule has 7 nitrogen and oxygen atoms in total. The van der Waals surface area contributed by atoms with Crippen LogP contribution in [-0.4, -0.2) is 41.3 Å². The predicted octanol–water partition coefficient (Wildman–Crippen LogP) is 4.69. The fourth-order valence-corrected chi connectivity index (χ4v) is 4.43. The first-order valence-corrected chi connectivity index (χ1v) is 14.0. The molecule has 2 aromatic rings. The number of rotatable bonds is 18. The predicted molar refractivity (Wildman–Crippen MR) is 151 cm³/mol. The van der Waals surface area contributed by atoms with E-state index in [0.29, 0.717) is 25.8 Å². The van der Waals surface area contributed by atoms with Crippen molar-refractivity contribution in [2.75, 3.05) is 6.54 Å². The SMILES string of the molecule is CCCCc1ccc(C[C@@H](CC(N)=O)N(CCCC)C(=O)[C@@H](N)CCCC(=O)OCc2ccccc2)cc1. The maximum atomic E-state index is 13.5. The molecule has 0 unspecified atom stereocenters. The van der Waals surface area contributed by atoms with Crippen LogP contribution in [0.1, 0.15) is 81.9 Å². The zero-order valence-electron chi connectivity index (χ0n) is 23.1. The Balaban J connectivity index is 1.98. The topological polar surface area (TPSA) is 116 Å². The first-order valence-electron chi connectivity index (χ1n) is 14.0. The maximum Gasteiger partial charge on any atom is 0.306 e. The lowest BCUT2D eigenvalue weighted by molar-refractivity contribution is -0.145. The largest absolute Gasteiger partial charge is 0.461 e. The van der Waals surface area contributed by atoms with E-state index in [4.69, 9.17) is 16.2 Å². The average Bonchev–Trinajstić information content (AvgIpc) is 2.91. The smallest absolute Gasteiger partial charge is 0.306 e. The van der Waals surface area contributed by atoms with Crippen molar-refractivity contribution in [1.29, 1.82) is 0 Å². The minimum Gasteiger partial charge on any atom is -0.461 e. The standard InChI is InChI=1S/C31H45N3O4/c1-3-5-11-24-16-18-25(19-17-24)21-27(22-29(33)35)34(20-6-4-2)31(37)28(32)14-10-15-30(36)38-23-26-12-8-7-9-13-26/h7-9,12-13,16-19,27-28H,3-6,10-11,14-15,20-23,32H2,1-2H3,(H2,33,35)/t27-,28-/m0/s1. The number of unbranched alkanes of at least 4 members (excludes halogenated alkanes) is 2. The molecule has 0 aliphatic rings. The number of amides is 2. The second-order valence-corrected chi connectivity index (χ2v) is 9.98. The van der Waals surface area contributed by atoms with Crippen LogP contribution in [0.4, 0.5) is 0 Å². The third-order valence-corrected chi connectivity index (χ3v) is 6.68. The number of primary amides is 1. The van der Waals surface area contributed by atoms with Crippen LogP contribution in [0.15, 0.2) is 54.6 Å². The number of carbonyl (C=O) groups excluding carboxylic acids is 3. The zero-order valence-corrected chi connectivity index (χ0v) is 23.1. The van der Waals surface area contributed by atoms with E-state index in [1.165, 1.54) is 5.56 Å². The summed E-state index contributed by atoms with van der Waals surface area (Å²) in [4.78, 5) is 39.3. The lowest BCUT2D eigenvalue weighted by atomic mass is 9.97. The lowest BCUT2D eigenvalue weighted by Gasteiger charge is -2.33. The van der Waals surface area contributed by atoms with Gasteiger partial charge in [-0.3, -0.25) is 14.4 Å². The number of aryl methyl sites for hydroxylation is 1. The molecule has 2 aromatic carbocycles. The molecule has 0 fully saturated rings. The van der Waals surface area contributed by atoms with Gasteiger partial charge in [0.2, 0.25) is 11.8 Å². The molecule has 0 heterocycles. The molecule has 0 saturated carbocycles. The molecule has 0 radical (unpaired) electrons. The minimum absolute atomic E-state index is 0.0750. The molecule has 208 valence electrons. The van der Waals surface area contributed by atoms with E-state index in [2.05, 4.69) is 38.1 Å². The Bertz CT molecular complexity index is 978. The number of hydrogen-bond acceptors (Lipinski definition) is 5. The Hall–Kier alpha value is -3.19. The summed E-state index contributed by atoms with van der Waals surface area (Å²) in [6.45, 7) is 4.97. The van der Waals surface area contributed by atoms with Crippen LogP contribution in [0, 0.1) is 0 Å². The van der Waals surface area contributed by atoms with Crippen LogP contribution in [0.25, 0.3) is 0 Å². The Morgan fingerprint density at radius 1 is 0.868 bits per heavy atom. The van der Waals surface area contributed by atoms with Crippen LogP contribution < -0.4 is 11.5 Å². The van der Waals surface area contributed by atoms with E-state index in [0.717, 1.165) is 43.2 Å². The maximum absolute atomic E-state index is 13.5. The van der Waals surface area contributed by atoms with Crippen molar-refractivity contribution in [3.05, 3.63) is 71.3 Å². The molecule has 0 bridgehead atoms. The summed E-state index contributed by atoms with van der Waals surface area (Å²) < 4.78 is 5.32. The third kappa shape index (κ3) is 11.5. The van der Waals surface area contributed by atoms with E-state index in [1.54, 1.807) is 4.90 Å². The number of esters is 1. The summed E-state index contributed by atoms with van der Waals surface area (Å²) in [5, 5.41) is 0. The van der Waals surface area contributed by atoms with Gasteiger partial charge < -0.3 is 21.1 Å². The van der Waals surface area contributed by atoms with Crippen LogP contribution in [0.3, 0.4) is 0 Å². The summed E-state index contributed by atoms with van der Waals surface area (Å²) in [6.07, 6.45) is 6.64. The monoisotopic (exact) mass is 523 g/mol. The van der Waals surface area contributed by atoms with Crippen LogP contribution in [0.2, 0.25) is 0 Å². The highest BCUT2D eigenvalue weighted by atomic mass is 16.5. The highest BCUT2D eigenvalue weighted by Gasteiger charge is 2.29. The molecule has 0 aromatic heterocycles. The van der Waals surface area contributed by atoms with E-state index in [9.17, 15) is 14.4 Å². The third-order valence-electron chi connectivity index (χ3n) is 6.68. The summed E-state index contributed by atoms with van der Waals surface area (Å²) in [5.74, 6) is -0.967. The van der Waals surface area contributed by atoms with Crippen LogP contribution >= 0.6 is 0 Å². The number of ether oxygens (including phenoxy) is 1. The summed E-state index contributed by atoms with van der Waals surface area (Å²) in [6, 6.07) is 16.7. The summed E-state index contributed by atoms with van der Waals surface area (Å²) in [7, 11) is 0. The molecule has 0 spiro atoms. The van der Waals surface area contributed by atoms with Gasteiger partial charge in [-0.05, 0) is 55.2 Å². The Morgan fingerprint density at radius 2 is 1.53 bits per heavy atom. The van der Waals surface area contributed by atoms with Gasteiger partial charge in [-0.1, -0.05) is 81.3 Å². The molecular formula is C31H45N3O4. The molecule has 2 amide bonds. The summed E-state index contributed by atoms with van der Waals surface area (Å²) >= 11 is 0. The number of nitrogens with two attached hydrogens (primary N) is 2. The van der Waals surface area contributed by atoms with Crippen molar-refractivity contribution in [3.63, 3.8) is 0 Å². The molecular weight excluding hydrogens is 478 g/mol. The normalized spacial score (nSPS) is 12.5. The molecule has 2 rings (SSSR count). The van der Waals surface area contributed by atoms with Gasteiger partial charge in [0.25, 0.3) is 0 Å². The van der Waals surface area contributed by atoms with Crippen molar-refractivity contribution in [1.82, 2.24) is 4.90 Å². The van der Waals surface area contributed by atoms with Crippen molar-refractivity contribution in [2.24, 2.45) is 11.5 Å². The Morgan fingerprint density at radius 3 is 2.16 bits per heavy atom. The number of benzene rings is 2. The molecule has 0 aliphatic heterocycles. The zero-order chi connectivity index (χ0) is 27.8. The van der Waals surface area contributed by atoms with Gasteiger partial charge >= 0.3 is 5.97 Å². The summed E-state index contributed by atoms with van der Waals surface area (Å²) in [5.41, 5.74) is 15.2. The molecule has 38 heavy (non-hydrogen) atoms. The van der Waals surface area contributed by atoms with Gasteiger partial charge in [0.05, 0.1) is 6.04 Å². The van der Waals surface area contributed by atoms with Crippen LogP contribution in [-0.2, 0) is 38.6 Å². The van der Waals surface area contributed by atoms with Crippen molar-refractivity contribution >= 4 is 17.8 Å². The molecule has 0 saturated heterocycles. The Kier molecular flexibility index (Phi) is 14.2. The average molecular weight is 524 g/mol. The van der Waals surface area contributed by atoms with Gasteiger partial charge in [0, 0.05) is 25.4 Å². The Labute approximate surface area is 227 Å². The van der Waals surface area contributed by atoms with E-state index >= 15 is 0 Å². The van der Waals surface area contributed by atoms with Gasteiger partial charge in [-0.25, -0.2) is 0 Å². The lowest BCUT2D eigenvalue weighted by Crippen LogP contribution is -2.51. The van der Waals surface area contributed by atoms with Gasteiger partial charge in [-0.2, -0.15) is 0 Å². The number of nitrogens with zero attached hydrogens (tertiary/aromatic N) is 1. The second kappa shape index (κ2) is 17.3. The number of carbonyl (C=O) groups is 3. The molecule has 0 aliphatic carbocycles. The quantitative estimate of drug-likeness (QED) is 0.275. The minimum atomic E-state index is -0.763.